The summed E-state index contributed by atoms with van der Waals surface area (Å²) in [6.07, 6.45) is 0. The zero-order valence-electron chi connectivity index (χ0n) is 14.4. The standard InChI is InChI=1S/C16H21N3O6S/c1-10(2)14(16(22)23)18-15(21)11-4-3-5-12(8-11)26(24,25)19-7-6-17-13(20)9-19/h3-5,8,10,14H,6-7,9H2,1-2H3,(H,17,20)(H,18,21)(H,22,23)/t14-/m0/s1. The van der Waals surface area contributed by atoms with Crippen molar-refractivity contribution >= 4 is 27.8 Å². The van der Waals surface area contributed by atoms with E-state index in [1.807, 2.05) is 0 Å². The highest BCUT2D eigenvalue weighted by molar-refractivity contribution is 7.89. The number of sulfonamides is 1. The molecule has 1 aliphatic rings. The number of hydrogen-bond acceptors (Lipinski definition) is 5. The Morgan fingerprint density at radius 3 is 2.58 bits per heavy atom. The first-order valence-corrected chi connectivity index (χ1v) is 9.47. The van der Waals surface area contributed by atoms with Crippen LogP contribution in [-0.4, -0.2) is 61.3 Å². The van der Waals surface area contributed by atoms with Crippen molar-refractivity contribution in [3.05, 3.63) is 29.8 Å². The van der Waals surface area contributed by atoms with Gasteiger partial charge in [-0.15, -0.1) is 0 Å². The second-order valence-electron chi connectivity index (χ2n) is 6.25. The molecule has 1 atom stereocenters. The Balaban J connectivity index is 2.25. The number of amides is 2. The van der Waals surface area contributed by atoms with Crippen LogP contribution in [0.1, 0.15) is 24.2 Å². The van der Waals surface area contributed by atoms with Crippen LogP contribution in [0.25, 0.3) is 0 Å². The van der Waals surface area contributed by atoms with Gasteiger partial charge in [-0.25, -0.2) is 13.2 Å². The summed E-state index contributed by atoms with van der Waals surface area (Å²) in [6.45, 7) is 3.38. The molecule has 10 heteroatoms. The minimum Gasteiger partial charge on any atom is -0.480 e. The second kappa shape index (κ2) is 7.83. The van der Waals surface area contributed by atoms with E-state index < -0.39 is 33.8 Å². The molecule has 142 valence electrons. The van der Waals surface area contributed by atoms with Gasteiger partial charge in [0.2, 0.25) is 15.9 Å². The third kappa shape index (κ3) is 4.38. The number of hydrogen-bond donors (Lipinski definition) is 3. The Bertz CT molecular complexity index is 821. The maximum absolute atomic E-state index is 12.7. The van der Waals surface area contributed by atoms with E-state index >= 15 is 0 Å². The van der Waals surface area contributed by atoms with E-state index in [4.69, 9.17) is 5.11 Å². The van der Waals surface area contributed by atoms with Gasteiger partial charge in [0.1, 0.15) is 6.04 Å². The van der Waals surface area contributed by atoms with Gasteiger partial charge in [-0.1, -0.05) is 19.9 Å². The Labute approximate surface area is 151 Å². The summed E-state index contributed by atoms with van der Waals surface area (Å²) in [5.74, 6) is -2.58. The fourth-order valence-corrected chi connectivity index (χ4v) is 3.95. The molecule has 1 aromatic rings. The van der Waals surface area contributed by atoms with Crippen LogP contribution in [0.3, 0.4) is 0 Å². The molecule has 3 N–H and O–H groups in total. The first kappa shape index (κ1) is 19.9. The minimum atomic E-state index is -3.94. The summed E-state index contributed by atoms with van der Waals surface area (Å²) in [7, 11) is -3.94. The molecule has 0 saturated carbocycles. The van der Waals surface area contributed by atoms with Gasteiger partial charge in [0.05, 0.1) is 11.4 Å². The maximum Gasteiger partial charge on any atom is 0.326 e. The highest BCUT2D eigenvalue weighted by atomic mass is 32.2. The lowest BCUT2D eigenvalue weighted by Gasteiger charge is -2.26. The normalized spacial score (nSPS) is 16.8. The fourth-order valence-electron chi connectivity index (χ4n) is 2.51. The van der Waals surface area contributed by atoms with Crippen molar-refractivity contribution in [3.8, 4) is 0 Å². The zero-order chi connectivity index (χ0) is 19.5. The lowest BCUT2D eigenvalue weighted by molar-refractivity contribution is -0.140. The lowest BCUT2D eigenvalue weighted by atomic mass is 10.0. The average Bonchev–Trinajstić information content (AvgIpc) is 2.59. The highest BCUT2D eigenvalue weighted by Crippen LogP contribution is 2.18. The SMILES string of the molecule is CC(C)[C@H](NC(=O)c1cccc(S(=O)(=O)N2CCNC(=O)C2)c1)C(=O)O. The van der Waals surface area contributed by atoms with Gasteiger partial charge in [-0.2, -0.15) is 4.31 Å². The molecule has 0 spiro atoms. The molecule has 26 heavy (non-hydrogen) atoms. The fraction of sp³-hybridized carbons (Fsp3) is 0.438. The first-order chi connectivity index (χ1) is 12.1. The molecule has 0 unspecified atom stereocenters. The lowest BCUT2D eigenvalue weighted by Crippen LogP contribution is -2.49. The Kier molecular flexibility index (Phi) is 5.98. The van der Waals surface area contributed by atoms with Gasteiger partial charge in [-0.05, 0) is 24.1 Å². The van der Waals surface area contributed by atoms with Gasteiger partial charge in [0, 0.05) is 18.7 Å². The predicted octanol–water partition coefficient (Wildman–Crippen LogP) is -0.354. The summed E-state index contributed by atoms with van der Waals surface area (Å²) in [5.41, 5.74) is 0.0273. The van der Waals surface area contributed by atoms with Crippen molar-refractivity contribution in [2.75, 3.05) is 19.6 Å². The predicted molar refractivity (Wildman–Crippen MR) is 91.9 cm³/mol. The number of piperazine rings is 1. The Hall–Kier alpha value is -2.46. The third-order valence-electron chi connectivity index (χ3n) is 3.96. The Morgan fingerprint density at radius 1 is 1.31 bits per heavy atom. The summed E-state index contributed by atoms with van der Waals surface area (Å²) in [6, 6.07) is 4.22. The number of aliphatic carboxylic acids is 1. The molecule has 2 rings (SSSR count). The van der Waals surface area contributed by atoms with Crippen LogP contribution < -0.4 is 10.6 Å². The van der Waals surface area contributed by atoms with E-state index in [1.165, 1.54) is 24.3 Å². The van der Waals surface area contributed by atoms with Crippen LogP contribution in [0.5, 0.6) is 0 Å². The van der Waals surface area contributed by atoms with Gasteiger partial charge < -0.3 is 15.7 Å². The molecule has 0 aromatic heterocycles. The summed E-state index contributed by atoms with van der Waals surface area (Å²) in [5, 5.41) is 14.1. The number of rotatable bonds is 6. The van der Waals surface area contributed by atoms with E-state index in [-0.39, 0.29) is 36.0 Å². The smallest absolute Gasteiger partial charge is 0.326 e. The largest absolute Gasteiger partial charge is 0.480 e. The van der Waals surface area contributed by atoms with Crippen LogP contribution in [-0.2, 0) is 19.6 Å². The zero-order valence-corrected chi connectivity index (χ0v) is 15.2. The molecule has 1 fully saturated rings. The highest BCUT2D eigenvalue weighted by Gasteiger charge is 2.30. The van der Waals surface area contributed by atoms with Crippen LogP contribution in [0.2, 0.25) is 0 Å². The van der Waals surface area contributed by atoms with Crippen molar-refractivity contribution in [2.24, 2.45) is 5.92 Å². The van der Waals surface area contributed by atoms with Crippen molar-refractivity contribution < 1.29 is 27.9 Å². The molecule has 1 heterocycles. The average molecular weight is 383 g/mol. The molecule has 0 bridgehead atoms. The number of carbonyl (C=O) groups is 3. The number of carbonyl (C=O) groups excluding carboxylic acids is 2. The monoisotopic (exact) mass is 383 g/mol. The van der Waals surface area contributed by atoms with Crippen LogP contribution in [0, 0.1) is 5.92 Å². The number of nitrogens with one attached hydrogen (secondary N) is 2. The topological polar surface area (TPSA) is 133 Å². The molecule has 1 aromatic carbocycles. The molecule has 0 radical (unpaired) electrons. The van der Waals surface area contributed by atoms with E-state index in [2.05, 4.69) is 10.6 Å². The van der Waals surface area contributed by atoms with E-state index in [1.54, 1.807) is 13.8 Å². The minimum absolute atomic E-state index is 0.0273. The number of benzene rings is 1. The quantitative estimate of drug-likeness (QED) is 0.615. The molecule has 1 saturated heterocycles. The van der Waals surface area contributed by atoms with Crippen LogP contribution >= 0.6 is 0 Å². The van der Waals surface area contributed by atoms with Crippen molar-refractivity contribution in [2.45, 2.75) is 24.8 Å². The summed E-state index contributed by atoms with van der Waals surface area (Å²) in [4.78, 5) is 34.9. The molecule has 0 aliphatic carbocycles. The van der Waals surface area contributed by atoms with Gasteiger partial charge in [-0.3, -0.25) is 9.59 Å². The molecule has 9 nitrogen and oxygen atoms in total. The molecule has 2 amide bonds. The van der Waals surface area contributed by atoms with Crippen molar-refractivity contribution in [1.29, 1.82) is 0 Å². The Morgan fingerprint density at radius 2 is 2.00 bits per heavy atom. The molecular weight excluding hydrogens is 362 g/mol. The van der Waals surface area contributed by atoms with Crippen molar-refractivity contribution in [1.82, 2.24) is 14.9 Å². The van der Waals surface area contributed by atoms with Gasteiger partial charge in [0.15, 0.2) is 0 Å². The number of carboxylic acid groups (broad SMARTS) is 1. The second-order valence-corrected chi connectivity index (χ2v) is 8.19. The van der Waals surface area contributed by atoms with Crippen molar-refractivity contribution in [3.63, 3.8) is 0 Å². The molecule has 1 aliphatic heterocycles. The van der Waals surface area contributed by atoms with Crippen LogP contribution in [0.15, 0.2) is 29.2 Å². The van der Waals surface area contributed by atoms with Gasteiger partial charge >= 0.3 is 5.97 Å². The first-order valence-electron chi connectivity index (χ1n) is 8.03. The maximum atomic E-state index is 12.7. The molecular formula is C16H21N3O6S. The van der Waals surface area contributed by atoms with E-state index in [9.17, 15) is 22.8 Å². The number of carboxylic acids is 1. The van der Waals surface area contributed by atoms with E-state index in [0.717, 1.165) is 4.31 Å². The van der Waals surface area contributed by atoms with Gasteiger partial charge in [0.25, 0.3) is 5.91 Å². The van der Waals surface area contributed by atoms with Crippen LogP contribution in [0.4, 0.5) is 0 Å². The van der Waals surface area contributed by atoms with E-state index in [0.29, 0.717) is 0 Å². The summed E-state index contributed by atoms with van der Waals surface area (Å²) < 4.78 is 26.4. The number of nitrogens with zero attached hydrogens (tertiary/aromatic N) is 1. The third-order valence-corrected chi connectivity index (χ3v) is 5.80. The summed E-state index contributed by atoms with van der Waals surface area (Å²) >= 11 is 0.